The van der Waals surface area contributed by atoms with Crippen molar-refractivity contribution in [3.05, 3.63) is 77.9 Å². The maximum Gasteiger partial charge on any atom is 0.408 e. The van der Waals surface area contributed by atoms with Gasteiger partial charge < -0.3 is 20.3 Å². The molecule has 0 heterocycles. The summed E-state index contributed by atoms with van der Waals surface area (Å²) in [6, 6.07) is 15.1. The summed E-state index contributed by atoms with van der Waals surface area (Å²) in [6.07, 6.45) is 0.996. The number of nitrogens with one attached hydrogen (secondary N) is 2. The second-order valence-corrected chi connectivity index (χ2v) is 8.97. The highest BCUT2D eigenvalue weighted by Crippen LogP contribution is 2.24. The van der Waals surface area contributed by atoms with Crippen LogP contribution >= 0.6 is 0 Å². The van der Waals surface area contributed by atoms with Crippen molar-refractivity contribution < 1.29 is 19.1 Å². The fraction of sp³-hybridized carbons (Fsp3) is 0.370. The number of alkyl carbamates (subject to hydrolysis) is 1. The van der Waals surface area contributed by atoms with Crippen LogP contribution in [0.1, 0.15) is 57.4 Å². The largest absolute Gasteiger partial charge is 0.444 e. The van der Waals surface area contributed by atoms with Crippen molar-refractivity contribution in [1.29, 1.82) is 0 Å². The maximum absolute atomic E-state index is 13.4. The molecule has 7 heteroatoms. The van der Waals surface area contributed by atoms with Crippen molar-refractivity contribution in [2.75, 3.05) is 6.54 Å². The molecule has 0 radical (unpaired) electrons. The minimum absolute atomic E-state index is 0.265. The normalized spacial score (nSPS) is 12.7. The molecule has 0 saturated carbocycles. The van der Waals surface area contributed by atoms with Crippen LogP contribution in [0.4, 0.5) is 4.79 Å². The second-order valence-electron chi connectivity index (χ2n) is 8.97. The van der Waals surface area contributed by atoms with E-state index >= 15 is 0 Å². The van der Waals surface area contributed by atoms with Gasteiger partial charge in [0.15, 0.2) is 0 Å². The third kappa shape index (κ3) is 7.76. The van der Waals surface area contributed by atoms with E-state index < -0.39 is 29.7 Å². The van der Waals surface area contributed by atoms with Crippen LogP contribution in [0.5, 0.6) is 0 Å². The van der Waals surface area contributed by atoms with Gasteiger partial charge in [0.05, 0.1) is 0 Å². The van der Waals surface area contributed by atoms with Crippen molar-refractivity contribution in [1.82, 2.24) is 15.5 Å². The third-order valence-electron chi connectivity index (χ3n) is 5.06. The van der Waals surface area contributed by atoms with Crippen molar-refractivity contribution in [3.8, 4) is 0 Å². The molecule has 2 unspecified atom stereocenters. The molecule has 0 aliphatic rings. The van der Waals surface area contributed by atoms with E-state index in [-0.39, 0.29) is 12.5 Å². The Labute approximate surface area is 202 Å². The Morgan fingerprint density at radius 1 is 1.09 bits per heavy atom. The zero-order valence-corrected chi connectivity index (χ0v) is 20.6. The Balaban J connectivity index is 2.30. The standard InChI is InChI=1S/C27H35N3O4/c1-7-20-15-12-16-22(17-20)23(24(31)28-18-21-13-10-9-11-14-21)30(8-2)25(32)19(3)29-26(33)34-27(4,5)6/h7,9-17,19,23H,1,8,18H2,2-6H3,(H,28,31)(H,29,33). The Hall–Kier alpha value is -3.61. The van der Waals surface area contributed by atoms with Crippen molar-refractivity contribution in [2.24, 2.45) is 0 Å². The third-order valence-corrected chi connectivity index (χ3v) is 5.06. The summed E-state index contributed by atoms with van der Waals surface area (Å²) in [5.74, 6) is -0.707. The molecule has 0 spiro atoms. The van der Waals surface area contributed by atoms with E-state index in [4.69, 9.17) is 4.74 Å². The molecule has 182 valence electrons. The van der Waals surface area contributed by atoms with Crippen LogP contribution < -0.4 is 10.6 Å². The molecule has 3 amide bonds. The van der Waals surface area contributed by atoms with Crippen LogP contribution in [0.3, 0.4) is 0 Å². The summed E-state index contributed by atoms with van der Waals surface area (Å²) in [6.45, 7) is 13.0. The molecule has 2 aromatic rings. The van der Waals surface area contributed by atoms with Gasteiger partial charge in [-0.15, -0.1) is 0 Å². The van der Waals surface area contributed by atoms with Gasteiger partial charge in [-0.05, 0) is 57.4 Å². The van der Waals surface area contributed by atoms with Crippen molar-refractivity contribution >= 4 is 24.0 Å². The molecule has 0 aliphatic heterocycles. The van der Waals surface area contributed by atoms with Crippen LogP contribution in [-0.4, -0.2) is 41.0 Å². The smallest absolute Gasteiger partial charge is 0.408 e. The number of likely N-dealkylation sites (N-methyl/N-ethyl adjacent to an activating group) is 1. The molecule has 0 aromatic heterocycles. The molecule has 0 bridgehead atoms. The summed E-state index contributed by atoms with van der Waals surface area (Å²) in [5.41, 5.74) is 1.75. The zero-order valence-electron chi connectivity index (χ0n) is 20.6. The van der Waals surface area contributed by atoms with Gasteiger partial charge in [0, 0.05) is 13.1 Å². The molecular formula is C27H35N3O4. The lowest BCUT2D eigenvalue weighted by Crippen LogP contribution is -2.51. The Morgan fingerprint density at radius 2 is 1.76 bits per heavy atom. The van der Waals surface area contributed by atoms with Crippen molar-refractivity contribution in [2.45, 2.75) is 58.8 Å². The number of nitrogens with zero attached hydrogens (tertiary/aromatic N) is 1. The zero-order chi connectivity index (χ0) is 25.3. The molecule has 2 aromatic carbocycles. The van der Waals surface area contributed by atoms with E-state index in [1.807, 2.05) is 54.6 Å². The van der Waals surface area contributed by atoms with E-state index in [0.717, 1.165) is 11.1 Å². The van der Waals surface area contributed by atoms with E-state index in [1.54, 1.807) is 40.7 Å². The molecule has 0 fully saturated rings. The van der Waals surface area contributed by atoms with Gasteiger partial charge in [0.2, 0.25) is 11.8 Å². The number of rotatable bonds is 9. The van der Waals surface area contributed by atoms with Gasteiger partial charge in [0.25, 0.3) is 0 Å². The number of hydrogen-bond donors (Lipinski definition) is 2. The highest BCUT2D eigenvalue weighted by atomic mass is 16.6. The van der Waals surface area contributed by atoms with E-state index in [2.05, 4.69) is 17.2 Å². The highest BCUT2D eigenvalue weighted by molar-refractivity contribution is 5.92. The molecule has 7 nitrogen and oxygen atoms in total. The summed E-state index contributed by atoms with van der Waals surface area (Å²) < 4.78 is 5.27. The number of benzene rings is 2. The summed E-state index contributed by atoms with van der Waals surface area (Å²) in [7, 11) is 0. The van der Waals surface area contributed by atoms with Crippen LogP contribution in [0.2, 0.25) is 0 Å². The highest BCUT2D eigenvalue weighted by Gasteiger charge is 2.33. The van der Waals surface area contributed by atoms with Crippen LogP contribution in [0.25, 0.3) is 6.08 Å². The first-order valence-corrected chi connectivity index (χ1v) is 11.4. The average Bonchev–Trinajstić information content (AvgIpc) is 2.79. The van der Waals surface area contributed by atoms with E-state index in [1.165, 1.54) is 4.90 Å². The van der Waals surface area contributed by atoms with Gasteiger partial charge in [-0.25, -0.2) is 4.79 Å². The minimum Gasteiger partial charge on any atom is -0.444 e. The summed E-state index contributed by atoms with van der Waals surface area (Å²) >= 11 is 0. The number of carbonyl (C=O) groups is 3. The number of hydrogen-bond acceptors (Lipinski definition) is 4. The van der Waals surface area contributed by atoms with Gasteiger partial charge in [-0.2, -0.15) is 0 Å². The Kier molecular flexibility index (Phi) is 9.42. The van der Waals surface area contributed by atoms with Crippen LogP contribution in [-0.2, 0) is 20.9 Å². The number of amides is 3. The minimum atomic E-state index is -0.887. The number of ether oxygens (including phenoxy) is 1. The van der Waals surface area contributed by atoms with Gasteiger partial charge in [-0.1, -0.05) is 61.2 Å². The first kappa shape index (κ1) is 26.6. The van der Waals surface area contributed by atoms with Gasteiger partial charge >= 0.3 is 6.09 Å². The molecular weight excluding hydrogens is 430 g/mol. The molecule has 2 rings (SSSR count). The monoisotopic (exact) mass is 465 g/mol. The fourth-order valence-electron chi connectivity index (χ4n) is 3.47. The topological polar surface area (TPSA) is 87.7 Å². The summed E-state index contributed by atoms with van der Waals surface area (Å²) in [5, 5.41) is 5.52. The van der Waals surface area contributed by atoms with E-state index in [9.17, 15) is 14.4 Å². The SMILES string of the molecule is C=Cc1cccc(C(C(=O)NCc2ccccc2)N(CC)C(=O)C(C)NC(=O)OC(C)(C)C)c1. The van der Waals surface area contributed by atoms with Gasteiger partial charge in [-0.3, -0.25) is 9.59 Å². The Bertz CT molecular complexity index is 998. The predicted octanol–water partition coefficient (Wildman–Crippen LogP) is 4.45. The predicted molar refractivity (Wildman–Crippen MR) is 134 cm³/mol. The molecule has 0 saturated heterocycles. The Morgan fingerprint density at radius 3 is 2.35 bits per heavy atom. The quantitative estimate of drug-likeness (QED) is 0.573. The lowest BCUT2D eigenvalue weighted by atomic mass is 10.0. The van der Waals surface area contributed by atoms with E-state index in [0.29, 0.717) is 12.1 Å². The molecule has 2 N–H and O–H groups in total. The van der Waals surface area contributed by atoms with Crippen molar-refractivity contribution in [3.63, 3.8) is 0 Å². The molecule has 2 atom stereocenters. The molecule has 0 aliphatic carbocycles. The lowest BCUT2D eigenvalue weighted by molar-refractivity contribution is -0.142. The second kappa shape index (κ2) is 12.0. The maximum atomic E-state index is 13.4. The number of carbonyl (C=O) groups excluding carboxylic acids is 3. The van der Waals surface area contributed by atoms with Gasteiger partial charge in [0.1, 0.15) is 17.7 Å². The van der Waals surface area contributed by atoms with Crippen LogP contribution in [0.15, 0.2) is 61.2 Å². The first-order chi connectivity index (χ1) is 16.1. The molecule has 34 heavy (non-hydrogen) atoms. The fourth-order valence-corrected chi connectivity index (χ4v) is 3.47. The first-order valence-electron chi connectivity index (χ1n) is 11.4. The average molecular weight is 466 g/mol. The summed E-state index contributed by atoms with van der Waals surface area (Å²) in [4.78, 5) is 40.5. The lowest BCUT2D eigenvalue weighted by Gasteiger charge is -2.33. The van der Waals surface area contributed by atoms with Crippen LogP contribution in [0, 0.1) is 0 Å².